The van der Waals surface area contributed by atoms with E-state index < -0.39 is 0 Å². The van der Waals surface area contributed by atoms with Crippen LogP contribution < -0.4 is 5.32 Å². The van der Waals surface area contributed by atoms with Crippen LogP contribution in [0.25, 0.3) is 0 Å². The highest BCUT2D eigenvalue weighted by atomic mass is 19.1. The fraction of sp³-hybridized carbons (Fsp3) is 0.733. The minimum Gasteiger partial charge on any atom is -0.365 e. The van der Waals surface area contributed by atoms with E-state index in [0.717, 1.165) is 12.8 Å². The van der Waals surface area contributed by atoms with Crippen molar-refractivity contribution in [2.75, 3.05) is 12.4 Å². The first-order valence-electron chi connectivity index (χ1n) is 7.11. The van der Waals surface area contributed by atoms with Gasteiger partial charge in [-0.3, -0.25) is 4.90 Å². The fourth-order valence-corrected chi connectivity index (χ4v) is 3.22. The predicted octanol–water partition coefficient (Wildman–Crippen LogP) is 2.99. The number of nitrogens with one attached hydrogen (secondary N) is 1. The minimum absolute atomic E-state index is 0.0674. The lowest BCUT2D eigenvalue weighted by Gasteiger charge is -2.53. The highest BCUT2D eigenvalue weighted by Crippen LogP contribution is 2.37. The SMILES string of the molecule is Cc1ncc(F)c(NC2CC(C)(C)N(C)C(C)(C)C2)n1. The summed E-state index contributed by atoms with van der Waals surface area (Å²) in [5, 5.41) is 3.27. The van der Waals surface area contributed by atoms with Gasteiger partial charge in [-0.15, -0.1) is 0 Å². The quantitative estimate of drug-likeness (QED) is 0.904. The molecule has 20 heavy (non-hydrogen) atoms. The Morgan fingerprint density at radius 2 is 1.80 bits per heavy atom. The molecule has 0 aromatic carbocycles. The molecule has 1 saturated heterocycles. The lowest BCUT2D eigenvalue weighted by molar-refractivity contribution is -0.00778. The maximum Gasteiger partial charge on any atom is 0.183 e. The van der Waals surface area contributed by atoms with Crippen molar-refractivity contribution in [3.05, 3.63) is 17.8 Å². The van der Waals surface area contributed by atoms with Crippen LogP contribution in [0.1, 0.15) is 46.4 Å². The fourth-order valence-electron chi connectivity index (χ4n) is 3.22. The van der Waals surface area contributed by atoms with Crippen molar-refractivity contribution in [3.8, 4) is 0 Å². The monoisotopic (exact) mass is 280 g/mol. The predicted molar refractivity (Wildman–Crippen MR) is 79.3 cm³/mol. The van der Waals surface area contributed by atoms with Crippen molar-refractivity contribution >= 4 is 5.82 Å². The van der Waals surface area contributed by atoms with Crippen molar-refractivity contribution in [1.29, 1.82) is 0 Å². The normalized spacial score (nSPS) is 22.8. The molecule has 0 atom stereocenters. The molecule has 0 spiro atoms. The van der Waals surface area contributed by atoms with Gasteiger partial charge in [0.25, 0.3) is 0 Å². The van der Waals surface area contributed by atoms with Crippen molar-refractivity contribution in [1.82, 2.24) is 14.9 Å². The molecule has 1 fully saturated rings. The van der Waals surface area contributed by atoms with Crippen LogP contribution in [0.2, 0.25) is 0 Å². The van der Waals surface area contributed by atoms with E-state index in [2.05, 4.69) is 54.9 Å². The third-order valence-electron chi connectivity index (χ3n) is 4.51. The summed E-state index contributed by atoms with van der Waals surface area (Å²) in [6.45, 7) is 10.7. The first kappa shape index (κ1) is 15.2. The van der Waals surface area contributed by atoms with Crippen LogP contribution in [0, 0.1) is 12.7 Å². The zero-order valence-electron chi connectivity index (χ0n) is 13.3. The minimum atomic E-state index is -0.384. The van der Waals surface area contributed by atoms with Crippen molar-refractivity contribution in [3.63, 3.8) is 0 Å². The highest BCUT2D eigenvalue weighted by Gasteiger charge is 2.43. The summed E-state index contributed by atoms with van der Waals surface area (Å²) in [5.41, 5.74) is 0.135. The smallest absolute Gasteiger partial charge is 0.183 e. The third kappa shape index (κ3) is 2.92. The molecule has 112 valence electrons. The zero-order chi connectivity index (χ0) is 15.1. The molecule has 2 heterocycles. The van der Waals surface area contributed by atoms with Gasteiger partial charge in [0, 0.05) is 17.1 Å². The van der Waals surface area contributed by atoms with E-state index in [-0.39, 0.29) is 22.9 Å². The Morgan fingerprint density at radius 3 is 2.35 bits per heavy atom. The Labute approximate surface area is 120 Å². The maximum atomic E-state index is 13.8. The zero-order valence-corrected chi connectivity index (χ0v) is 13.3. The van der Waals surface area contributed by atoms with Gasteiger partial charge in [0.1, 0.15) is 5.82 Å². The van der Waals surface area contributed by atoms with Crippen molar-refractivity contribution in [2.45, 2.75) is 64.6 Å². The van der Waals surface area contributed by atoms with Gasteiger partial charge in [-0.25, -0.2) is 14.4 Å². The lowest BCUT2D eigenvalue weighted by Crippen LogP contribution is -2.61. The molecule has 5 heteroatoms. The number of aryl methyl sites for hydroxylation is 1. The number of anilines is 1. The van der Waals surface area contributed by atoms with Gasteiger partial charge in [0.2, 0.25) is 0 Å². The maximum absolute atomic E-state index is 13.8. The molecule has 0 saturated carbocycles. The van der Waals surface area contributed by atoms with Crippen molar-refractivity contribution in [2.24, 2.45) is 0 Å². The van der Waals surface area contributed by atoms with Gasteiger partial charge in [-0.2, -0.15) is 0 Å². The van der Waals surface area contributed by atoms with E-state index in [1.54, 1.807) is 6.92 Å². The molecule has 1 aliphatic rings. The number of hydrogen-bond acceptors (Lipinski definition) is 4. The van der Waals surface area contributed by atoms with Crippen LogP contribution in [0.4, 0.5) is 10.2 Å². The molecule has 1 aromatic rings. The lowest BCUT2D eigenvalue weighted by atomic mass is 9.77. The van der Waals surface area contributed by atoms with Crippen molar-refractivity contribution < 1.29 is 4.39 Å². The van der Waals surface area contributed by atoms with Crippen LogP contribution in [-0.2, 0) is 0 Å². The third-order valence-corrected chi connectivity index (χ3v) is 4.51. The number of halogens is 1. The van der Waals surface area contributed by atoms with E-state index >= 15 is 0 Å². The summed E-state index contributed by atoms with van der Waals surface area (Å²) in [6.07, 6.45) is 3.14. The number of rotatable bonds is 2. The van der Waals surface area contributed by atoms with Crippen LogP contribution in [0.15, 0.2) is 6.20 Å². The molecule has 2 rings (SSSR count). The van der Waals surface area contributed by atoms with Gasteiger partial charge in [-0.05, 0) is 54.5 Å². The van der Waals surface area contributed by atoms with Crippen LogP contribution in [0.5, 0.6) is 0 Å². The average molecular weight is 280 g/mol. The molecule has 0 bridgehead atoms. The Bertz CT molecular complexity index is 481. The summed E-state index contributed by atoms with van der Waals surface area (Å²) < 4.78 is 13.8. The first-order valence-corrected chi connectivity index (χ1v) is 7.11. The van der Waals surface area contributed by atoms with E-state index in [1.165, 1.54) is 6.20 Å². The molecule has 0 aliphatic carbocycles. The van der Waals surface area contributed by atoms with Gasteiger partial charge < -0.3 is 5.32 Å². The Morgan fingerprint density at radius 1 is 1.25 bits per heavy atom. The number of aromatic nitrogens is 2. The molecular weight excluding hydrogens is 255 g/mol. The molecule has 4 nitrogen and oxygen atoms in total. The molecule has 0 radical (unpaired) electrons. The van der Waals surface area contributed by atoms with E-state index in [9.17, 15) is 4.39 Å². The number of piperidine rings is 1. The number of nitrogens with zero attached hydrogens (tertiary/aromatic N) is 3. The highest BCUT2D eigenvalue weighted by molar-refractivity contribution is 5.37. The molecule has 1 N–H and O–H groups in total. The number of likely N-dealkylation sites (tertiary alicyclic amines) is 1. The molecule has 0 amide bonds. The van der Waals surface area contributed by atoms with E-state index in [4.69, 9.17) is 0 Å². The summed E-state index contributed by atoms with van der Waals surface area (Å²) >= 11 is 0. The average Bonchev–Trinajstić information content (AvgIpc) is 2.30. The Kier molecular flexibility index (Phi) is 3.75. The second-order valence-electron chi connectivity index (χ2n) is 7.05. The van der Waals surface area contributed by atoms with Gasteiger partial charge in [0.15, 0.2) is 11.6 Å². The second kappa shape index (κ2) is 4.95. The summed E-state index contributed by atoms with van der Waals surface area (Å²) in [4.78, 5) is 10.4. The van der Waals surface area contributed by atoms with Gasteiger partial charge in [-0.1, -0.05) is 0 Å². The Balaban J connectivity index is 2.20. The van der Waals surface area contributed by atoms with Gasteiger partial charge >= 0.3 is 0 Å². The van der Waals surface area contributed by atoms with Crippen LogP contribution >= 0.6 is 0 Å². The second-order valence-corrected chi connectivity index (χ2v) is 7.05. The molecule has 0 unspecified atom stereocenters. The summed E-state index contributed by atoms with van der Waals surface area (Å²) in [6, 6.07) is 0.208. The molecule has 1 aromatic heterocycles. The number of hydrogen-bond donors (Lipinski definition) is 1. The molecular formula is C15H25FN4. The van der Waals surface area contributed by atoms with E-state index in [0.29, 0.717) is 11.6 Å². The standard InChI is InChI=1S/C15H25FN4/c1-10-17-9-12(16)13(18-10)19-11-7-14(2,3)20(6)15(4,5)8-11/h9,11H,7-8H2,1-6H3,(H,17,18,19). The van der Waals surface area contributed by atoms with Gasteiger partial charge in [0.05, 0.1) is 6.20 Å². The summed E-state index contributed by atoms with van der Waals surface area (Å²) in [5.74, 6) is 0.518. The summed E-state index contributed by atoms with van der Waals surface area (Å²) in [7, 11) is 2.16. The Hall–Kier alpha value is -1.23. The van der Waals surface area contributed by atoms with Crippen LogP contribution in [0.3, 0.4) is 0 Å². The topological polar surface area (TPSA) is 41.1 Å². The first-order chi connectivity index (χ1) is 9.12. The van der Waals surface area contributed by atoms with E-state index in [1.807, 2.05) is 0 Å². The largest absolute Gasteiger partial charge is 0.365 e. The molecule has 1 aliphatic heterocycles. The van der Waals surface area contributed by atoms with Crippen LogP contribution in [-0.4, -0.2) is 39.0 Å².